The number of nitrogens with one attached hydrogen (secondary N) is 1. The third kappa shape index (κ3) is 5.24. The number of aromatic hydroxyl groups is 1. The minimum Gasteiger partial charge on any atom is -0.506 e. The molecule has 0 aromatic heterocycles. The number of benzene rings is 1. The summed E-state index contributed by atoms with van der Waals surface area (Å²) in [6.45, 7) is 7.83. The Bertz CT molecular complexity index is 471. The Morgan fingerprint density at radius 3 is 2.41 bits per heavy atom. The van der Waals surface area contributed by atoms with Crippen LogP contribution in [0.2, 0.25) is 0 Å². The molecule has 1 aromatic carbocycles. The maximum absolute atomic E-state index is 14.3. The average molecular weight is 418 g/mol. The largest absolute Gasteiger partial charge is 0.506 e. The fraction of sp³-hybridized carbons (Fsp3) is 0.600. The second kappa shape index (κ2) is 9.93. The SMILES string of the molecule is CC(C)C[C@@H](c1c(F)ccc(Br)c1O)N1CCNCC1.Cl.Cl. The van der Waals surface area contributed by atoms with Gasteiger partial charge in [0.15, 0.2) is 0 Å². The molecular formula is C15H24BrCl2FN2O. The Kier molecular flexibility index (Phi) is 9.90. The molecule has 0 bridgehead atoms. The third-order valence-corrected chi connectivity index (χ3v) is 4.37. The highest BCUT2D eigenvalue weighted by molar-refractivity contribution is 9.10. The summed E-state index contributed by atoms with van der Waals surface area (Å²) in [7, 11) is 0. The van der Waals surface area contributed by atoms with Crippen LogP contribution in [-0.4, -0.2) is 36.2 Å². The molecule has 1 saturated heterocycles. The Morgan fingerprint density at radius 1 is 1.27 bits per heavy atom. The van der Waals surface area contributed by atoms with Crippen molar-refractivity contribution in [1.29, 1.82) is 0 Å². The molecule has 1 aromatic rings. The molecule has 1 heterocycles. The van der Waals surface area contributed by atoms with E-state index in [2.05, 4.69) is 40.0 Å². The van der Waals surface area contributed by atoms with E-state index in [0.717, 1.165) is 32.6 Å². The second-order valence-electron chi connectivity index (χ2n) is 5.72. The van der Waals surface area contributed by atoms with Gasteiger partial charge in [-0.3, -0.25) is 4.90 Å². The average Bonchev–Trinajstić information content (AvgIpc) is 2.43. The normalized spacial score (nSPS) is 16.8. The molecule has 2 N–H and O–H groups in total. The van der Waals surface area contributed by atoms with Gasteiger partial charge in [0.25, 0.3) is 0 Å². The van der Waals surface area contributed by atoms with Crippen molar-refractivity contribution in [3.63, 3.8) is 0 Å². The van der Waals surface area contributed by atoms with Gasteiger partial charge in [-0.15, -0.1) is 24.8 Å². The molecule has 2 rings (SSSR count). The first-order valence-electron chi connectivity index (χ1n) is 7.12. The van der Waals surface area contributed by atoms with Crippen molar-refractivity contribution in [1.82, 2.24) is 10.2 Å². The molecule has 0 aliphatic carbocycles. The first kappa shape index (κ1) is 21.9. The summed E-state index contributed by atoms with van der Waals surface area (Å²) in [6.07, 6.45) is 0.834. The van der Waals surface area contributed by atoms with Crippen molar-refractivity contribution in [3.05, 3.63) is 28.0 Å². The number of nitrogens with zero attached hydrogens (tertiary/aromatic N) is 1. The highest BCUT2D eigenvalue weighted by atomic mass is 79.9. The molecule has 0 saturated carbocycles. The molecule has 1 aliphatic rings. The smallest absolute Gasteiger partial charge is 0.137 e. The minimum absolute atomic E-state index is 0. The lowest BCUT2D eigenvalue weighted by molar-refractivity contribution is 0.148. The predicted molar refractivity (Wildman–Crippen MR) is 96.9 cm³/mol. The van der Waals surface area contributed by atoms with E-state index < -0.39 is 0 Å². The standard InChI is InChI=1S/C15H22BrFN2O.2ClH/c1-10(2)9-13(19-7-5-18-6-8-19)14-12(17)4-3-11(16)15(14)20;;/h3-4,10,13,18,20H,5-9H2,1-2H3;2*1H/t13-;;/m0../s1. The summed E-state index contributed by atoms with van der Waals surface area (Å²) < 4.78 is 14.8. The van der Waals surface area contributed by atoms with Crippen molar-refractivity contribution in [2.45, 2.75) is 26.3 Å². The van der Waals surface area contributed by atoms with Crippen LogP contribution in [0.5, 0.6) is 5.75 Å². The summed E-state index contributed by atoms with van der Waals surface area (Å²) in [5.41, 5.74) is 0.426. The summed E-state index contributed by atoms with van der Waals surface area (Å²) in [5.74, 6) is 0.150. The lowest BCUT2D eigenvalue weighted by atomic mass is 9.94. The third-order valence-electron chi connectivity index (χ3n) is 3.73. The fourth-order valence-electron chi connectivity index (χ4n) is 2.76. The Hall–Kier alpha value is -0.0700. The maximum atomic E-state index is 14.3. The van der Waals surface area contributed by atoms with Crippen LogP contribution in [0.25, 0.3) is 0 Å². The van der Waals surface area contributed by atoms with Crippen LogP contribution in [0.1, 0.15) is 31.9 Å². The second-order valence-corrected chi connectivity index (χ2v) is 6.58. The number of piperazine rings is 1. The van der Waals surface area contributed by atoms with Gasteiger partial charge in [0.05, 0.1) is 4.47 Å². The van der Waals surface area contributed by atoms with Crippen LogP contribution in [0.4, 0.5) is 4.39 Å². The van der Waals surface area contributed by atoms with Gasteiger partial charge in [0.2, 0.25) is 0 Å². The van der Waals surface area contributed by atoms with Gasteiger partial charge in [-0.05, 0) is 40.4 Å². The predicted octanol–water partition coefficient (Wildman–Crippen LogP) is 4.13. The lowest BCUT2D eigenvalue weighted by Gasteiger charge is -2.36. The summed E-state index contributed by atoms with van der Waals surface area (Å²) in [4.78, 5) is 2.26. The number of phenols is 1. The zero-order valence-corrected chi connectivity index (χ0v) is 16.0. The van der Waals surface area contributed by atoms with Gasteiger partial charge < -0.3 is 10.4 Å². The summed E-state index contributed by atoms with van der Waals surface area (Å²) >= 11 is 3.29. The Labute approximate surface area is 152 Å². The van der Waals surface area contributed by atoms with Crippen LogP contribution >= 0.6 is 40.7 Å². The number of hydrogen-bond donors (Lipinski definition) is 2. The molecule has 3 nitrogen and oxygen atoms in total. The zero-order chi connectivity index (χ0) is 14.7. The first-order valence-corrected chi connectivity index (χ1v) is 7.91. The monoisotopic (exact) mass is 416 g/mol. The molecule has 22 heavy (non-hydrogen) atoms. The fourth-order valence-corrected chi connectivity index (χ4v) is 3.11. The van der Waals surface area contributed by atoms with Gasteiger partial charge in [-0.1, -0.05) is 13.8 Å². The van der Waals surface area contributed by atoms with Crippen LogP contribution in [-0.2, 0) is 0 Å². The van der Waals surface area contributed by atoms with E-state index in [1.54, 1.807) is 6.07 Å². The van der Waals surface area contributed by atoms with E-state index in [4.69, 9.17) is 0 Å². The van der Waals surface area contributed by atoms with Gasteiger partial charge in [0, 0.05) is 37.8 Å². The number of rotatable bonds is 4. The number of phenolic OH excluding ortho intramolecular Hbond substituents is 1. The maximum Gasteiger partial charge on any atom is 0.137 e. The molecule has 0 radical (unpaired) electrons. The van der Waals surface area contributed by atoms with Crippen molar-refractivity contribution in [3.8, 4) is 5.75 Å². The minimum atomic E-state index is -0.324. The molecule has 1 fully saturated rings. The molecule has 128 valence electrons. The Morgan fingerprint density at radius 2 is 1.86 bits per heavy atom. The van der Waals surface area contributed by atoms with Gasteiger partial charge in [-0.25, -0.2) is 4.39 Å². The van der Waals surface area contributed by atoms with Crippen LogP contribution in [0.3, 0.4) is 0 Å². The Balaban J connectivity index is 0.00000220. The molecule has 0 unspecified atom stereocenters. The highest BCUT2D eigenvalue weighted by Gasteiger charge is 2.28. The number of halogens is 4. The molecule has 7 heteroatoms. The van der Waals surface area contributed by atoms with Gasteiger partial charge in [-0.2, -0.15) is 0 Å². The molecule has 0 amide bonds. The van der Waals surface area contributed by atoms with E-state index in [9.17, 15) is 9.50 Å². The van der Waals surface area contributed by atoms with Crippen LogP contribution in [0.15, 0.2) is 16.6 Å². The first-order chi connectivity index (χ1) is 9.50. The zero-order valence-electron chi connectivity index (χ0n) is 12.8. The van der Waals surface area contributed by atoms with E-state index in [0.29, 0.717) is 16.0 Å². The topological polar surface area (TPSA) is 35.5 Å². The van der Waals surface area contributed by atoms with Crippen LogP contribution < -0.4 is 5.32 Å². The quantitative estimate of drug-likeness (QED) is 0.772. The van der Waals surface area contributed by atoms with Crippen molar-refractivity contribution in [2.75, 3.05) is 26.2 Å². The number of hydrogen-bond acceptors (Lipinski definition) is 3. The summed E-state index contributed by atoms with van der Waals surface area (Å²) in [6, 6.07) is 2.90. The van der Waals surface area contributed by atoms with Crippen molar-refractivity contribution in [2.24, 2.45) is 5.92 Å². The van der Waals surface area contributed by atoms with Crippen molar-refractivity contribution < 1.29 is 9.50 Å². The van der Waals surface area contributed by atoms with Gasteiger partial charge in [0.1, 0.15) is 11.6 Å². The van der Waals surface area contributed by atoms with Crippen molar-refractivity contribution >= 4 is 40.7 Å². The van der Waals surface area contributed by atoms with E-state index in [1.165, 1.54) is 6.07 Å². The van der Waals surface area contributed by atoms with E-state index in [1.807, 2.05) is 0 Å². The van der Waals surface area contributed by atoms with Crippen LogP contribution in [0, 0.1) is 11.7 Å². The molecular weight excluding hydrogens is 394 g/mol. The van der Waals surface area contributed by atoms with E-state index in [-0.39, 0.29) is 42.4 Å². The molecule has 1 atom stereocenters. The van der Waals surface area contributed by atoms with E-state index >= 15 is 0 Å². The highest BCUT2D eigenvalue weighted by Crippen LogP contribution is 2.39. The van der Waals surface area contributed by atoms with Gasteiger partial charge >= 0.3 is 0 Å². The molecule has 0 spiro atoms. The lowest BCUT2D eigenvalue weighted by Crippen LogP contribution is -2.45. The molecule has 1 aliphatic heterocycles. The summed E-state index contributed by atoms with van der Waals surface area (Å²) in [5, 5.41) is 13.6.